The number of esters is 2. The predicted molar refractivity (Wildman–Crippen MR) is 89.9 cm³/mol. The smallest absolute Gasteiger partial charge is 0.354 e. The highest BCUT2D eigenvalue weighted by Crippen LogP contribution is 2.24. The van der Waals surface area contributed by atoms with Gasteiger partial charge in [-0.1, -0.05) is 0 Å². The minimum absolute atomic E-state index is 0.0200. The summed E-state index contributed by atoms with van der Waals surface area (Å²) in [6, 6.07) is 5.86. The topological polar surface area (TPSA) is 77.1 Å². The van der Waals surface area contributed by atoms with Crippen molar-refractivity contribution in [2.24, 2.45) is 0 Å². The number of morpholine rings is 1. The number of nitrogens with one attached hydrogen (secondary N) is 1. The van der Waals surface area contributed by atoms with Crippen LogP contribution >= 0.6 is 0 Å². The summed E-state index contributed by atoms with van der Waals surface area (Å²) in [5, 5.41) is 2.94. The van der Waals surface area contributed by atoms with Gasteiger partial charge in [0.1, 0.15) is 5.70 Å². The lowest BCUT2D eigenvalue weighted by atomic mass is 10.1. The molecule has 2 rings (SSSR count). The molecule has 130 valence electrons. The van der Waals surface area contributed by atoms with Gasteiger partial charge in [0.2, 0.25) is 0 Å². The molecule has 0 saturated carbocycles. The van der Waals surface area contributed by atoms with E-state index in [9.17, 15) is 9.59 Å². The first-order chi connectivity index (χ1) is 11.5. The maximum atomic E-state index is 11.8. The van der Waals surface area contributed by atoms with Crippen molar-refractivity contribution < 1.29 is 23.8 Å². The number of hydrogen-bond acceptors (Lipinski definition) is 7. The highest BCUT2D eigenvalue weighted by molar-refractivity contribution is 5.98. The second kappa shape index (κ2) is 8.35. The number of rotatable bonds is 5. The monoisotopic (exact) mass is 334 g/mol. The maximum Gasteiger partial charge on any atom is 0.354 e. The number of nitrogens with zero attached hydrogens (tertiary/aromatic N) is 1. The molecular formula is C17H22N2O5. The molecule has 1 aromatic carbocycles. The van der Waals surface area contributed by atoms with E-state index < -0.39 is 11.9 Å². The van der Waals surface area contributed by atoms with Gasteiger partial charge in [0.15, 0.2) is 0 Å². The van der Waals surface area contributed by atoms with Crippen LogP contribution < -0.4 is 10.2 Å². The number of methoxy groups -OCH3 is 2. The highest BCUT2D eigenvalue weighted by atomic mass is 16.5. The highest BCUT2D eigenvalue weighted by Gasteiger charge is 2.15. The van der Waals surface area contributed by atoms with Gasteiger partial charge in [0.05, 0.1) is 33.5 Å². The fourth-order valence-corrected chi connectivity index (χ4v) is 2.38. The van der Waals surface area contributed by atoms with Crippen molar-refractivity contribution in [3.63, 3.8) is 0 Å². The Morgan fingerprint density at radius 3 is 2.50 bits per heavy atom. The van der Waals surface area contributed by atoms with Crippen molar-refractivity contribution in [1.82, 2.24) is 0 Å². The lowest BCUT2D eigenvalue weighted by Crippen LogP contribution is -2.36. The molecule has 0 unspecified atom stereocenters. The summed E-state index contributed by atoms with van der Waals surface area (Å²) in [6.45, 7) is 5.06. The van der Waals surface area contributed by atoms with Gasteiger partial charge in [-0.3, -0.25) is 0 Å². The summed E-state index contributed by atoms with van der Waals surface area (Å²) in [7, 11) is 2.50. The molecule has 0 aromatic heterocycles. The Hall–Kier alpha value is -2.54. The molecule has 0 bridgehead atoms. The lowest BCUT2D eigenvalue weighted by molar-refractivity contribution is -0.138. The summed E-state index contributed by atoms with van der Waals surface area (Å²) in [6.07, 6.45) is 1.07. The first-order valence-corrected chi connectivity index (χ1v) is 7.63. The molecule has 1 aromatic rings. The largest absolute Gasteiger partial charge is 0.466 e. The van der Waals surface area contributed by atoms with E-state index in [1.165, 1.54) is 14.2 Å². The molecular weight excluding hydrogens is 312 g/mol. The predicted octanol–water partition coefficient (Wildman–Crippen LogP) is 1.47. The molecule has 1 fully saturated rings. The summed E-state index contributed by atoms with van der Waals surface area (Å²) < 4.78 is 14.6. The minimum Gasteiger partial charge on any atom is -0.466 e. The van der Waals surface area contributed by atoms with Crippen LogP contribution in [0.15, 0.2) is 30.0 Å². The number of benzene rings is 1. The van der Waals surface area contributed by atoms with Gasteiger partial charge >= 0.3 is 11.9 Å². The Balaban J connectivity index is 2.19. The lowest BCUT2D eigenvalue weighted by Gasteiger charge is -2.29. The van der Waals surface area contributed by atoms with Crippen molar-refractivity contribution >= 4 is 23.3 Å². The van der Waals surface area contributed by atoms with E-state index in [1.54, 1.807) is 0 Å². The van der Waals surface area contributed by atoms with E-state index in [-0.39, 0.29) is 5.70 Å². The Morgan fingerprint density at radius 2 is 1.92 bits per heavy atom. The van der Waals surface area contributed by atoms with Crippen molar-refractivity contribution in [3.8, 4) is 0 Å². The first kappa shape index (κ1) is 17.8. The molecule has 0 atom stereocenters. The van der Waals surface area contributed by atoms with E-state index >= 15 is 0 Å². The Bertz CT molecular complexity index is 636. The number of ether oxygens (including phenoxy) is 3. The molecule has 1 N–H and O–H groups in total. The van der Waals surface area contributed by atoms with Crippen molar-refractivity contribution in [1.29, 1.82) is 0 Å². The van der Waals surface area contributed by atoms with Crippen molar-refractivity contribution in [3.05, 3.63) is 35.5 Å². The average molecular weight is 334 g/mol. The molecule has 0 aliphatic carbocycles. The van der Waals surface area contributed by atoms with Crippen LogP contribution in [0, 0.1) is 6.92 Å². The van der Waals surface area contributed by atoms with E-state index in [0.29, 0.717) is 18.9 Å². The Labute approximate surface area is 141 Å². The van der Waals surface area contributed by atoms with Crippen LogP contribution in [0.4, 0.5) is 11.4 Å². The van der Waals surface area contributed by atoms with Gasteiger partial charge < -0.3 is 24.4 Å². The summed E-state index contributed by atoms with van der Waals surface area (Å²) in [5.41, 5.74) is 2.77. The van der Waals surface area contributed by atoms with E-state index in [2.05, 4.69) is 19.7 Å². The van der Waals surface area contributed by atoms with Gasteiger partial charge in [0, 0.05) is 24.5 Å². The zero-order valence-corrected chi connectivity index (χ0v) is 14.1. The van der Waals surface area contributed by atoms with Gasteiger partial charge in [-0.05, 0) is 30.7 Å². The Morgan fingerprint density at radius 1 is 1.21 bits per heavy atom. The standard InChI is InChI=1S/C17H22N2O5/c1-12-10-13(19-6-8-24-9-7-19)4-5-14(12)18-15(17(21)23-3)11-16(20)22-2/h4-5,10-11,18H,6-9H2,1-3H3/b15-11+. The van der Waals surface area contributed by atoms with Crippen LogP contribution in [0.2, 0.25) is 0 Å². The SMILES string of the molecule is COC(=O)/C=C(/Nc1ccc(N2CCOCC2)cc1C)C(=O)OC. The third-order valence-corrected chi connectivity index (χ3v) is 3.72. The van der Waals surface area contributed by atoms with E-state index in [0.717, 1.165) is 30.4 Å². The van der Waals surface area contributed by atoms with Crippen molar-refractivity contribution in [2.45, 2.75) is 6.92 Å². The molecule has 24 heavy (non-hydrogen) atoms. The fourth-order valence-electron chi connectivity index (χ4n) is 2.38. The first-order valence-electron chi connectivity index (χ1n) is 7.63. The summed E-state index contributed by atoms with van der Waals surface area (Å²) in [5.74, 6) is -1.28. The quantitative estimate of drug-likeness (QED) is 0.645. The molecule has 7 heteroatoms. The number of carbonyl (C=O) groups is 2. The fraction of sp³-hybridized carbons (Fsp3) is 0.412. The average Bonchev–Trinajstić information content (AvgIpc) is 2.62. The van der Waals surface area contributed by atoms with Gasteiger partial charge in [-0.25, -0.2) is 9.59 Å². The zero-order valence-electron chi connectivity index (χ0n) is 14.1. The van der Waals surface area contributed by atoms with Crippen LogP contribution in [0.25, 0.3) is 0 Å². The van der Waals surface area contributed by atoms with Crippen molar-refractivity contribution in [2.75, 3.05) is 50.7 Å². The van der Waals surface area contributed by atoms with Crippen LogP contribution in [-0.2, 0) is 23.8 Å². The molecule has 0 spiro atoms. The van der Waals surface area contributed by atoms with E-state index in [1.807, 2.05) is 25.1 Å². The third kappa shape index (κ3) is 4.48. The minimum atomic E-state index is -0.642. The molecule has 7 nitrogen and oxygen atoms in total. The number of hydrogen-bond donors (Lipinski definition) is 1. The number of carbonyl (C=O) groups excluding carboxylic acids is 2. The molecule has 1 aliphatic rings. The molecule has 0 amide bonds. The maximum absolute atomic E-state index is 11.8. The van der Waals surface area contributed by atoms with Gasteiger partial charge in [0.25, 0.3) is 0 Å². The van der Waals surface area contributed by atoms with Gasteiger partial charge in [-0.15, -0.1) is 0 Å². The van der Waals surface area contributed by atoms with Crippen LogP contribution in [-0.4, -0.2) is 52.5 Å². The van der Waals surface area contributed by atoms with Crippen LogP contribution in [0.3, 0.4) is 0 Å². The summed E-state index contributed by atoms with van der Waals surface area (Å²) in [4.78, 5) is 25.5. The summed E-state index contributed by atoms with van der Waals surface area (Å²) >= 11 is 0. The van der Waals surface area contributed by atoms with Crippen LogP contribution in [0.5, 0.6) is 0 Å². The van der Waals surface area contributed by atoms with E-state index in [4.69, 9.17) is 4.74 Å². The third-order valence-electron chi connectivity index (χ3n) is 3.72. The zero-order chi connectivity index (χ0) is 17.5. The molecule has 1 aliphatic heterocycles. The molecule has 1 heterocycles. The van der Waals surface area contributed by atoms with Gasteiger partial charge in [-0.2, -0.15) is 0 Å². The second-order valence-corrected chi connectivity index (χ2v) is 5.30. The second-order valence-electron chi connectivity index (χ2n) is 5.30. The number of aryl methyl sites for hydroxylation is 1. The molecule has 0 radical (unpaired) electrons. The number of anilines is 2. The van der Waals surface area contributed by atoms with Crippen LogP contribution in [0.1, 0.15) is 5.56 Å². The molecule has 1 saturated heterocycles. The normalized spacial score (nSPS) is 15.0. The Kier molecular flexibility index (Phi) is 6.20.